The molecule has 2 aliphatic rings. The minimum absolute atomic E-state index is 0.614. The van der Waals surface area contributed by atoms with Crippen molar-refractivity contribution in [1.82, 2.24) is 15.1 Å². The van der Waals surface area contributed by atoms with Gasteiger partial charge in [0, 0.05) is 38.3 Å². The highest BCUT2D eigenvalue weighted by molar-refractivity contribution is 4.85. The Labute approximate surface area is 113 Å². The molecule has 0 aromatic carbocycles. The van der Waals surface area contributed by atoms with Crippen LogP contribution in [-0.2, 0) is 0 Å². The lowest BCUT2D eigenvalue weighted by atomic mass is 9.99. The first-order valence-electron chi connectivity index (χ1n) is 7.85. The number of nitrogens with zero attached hydrogens (tertiary/aromatic N) is 2. The topological polar surface area (TPSA) is 18.5 Å². The number of nitrogens with one attached hydrogen (secondary N) is 1. The van der Waals surface area contributed by atoms with Crippen LogP contribution in [0.15, 0.2) is 0 Å². The molecule has 0 aromatic rings. The van der Waals surface area contributed by atoms with Crippen LogP contribution >= 0.6 is 0 Å². The average molecular weight is 253 g/mol. The predicted molar refractivity (Wildman–Crippen MR) is 78.0 cm³/mol. The molecule has 2 heterocycles. The van der Waals surface area contributed by atoms with Crippen molar-refractivity contribution in [2.24, 2.45) is 5.92 Å². The Morgan fingerprint density at radius 3 is 2.72 bits per heavy atom. The van der Waals surface area contributed by atoms with Crippen molar-refractivity contribution in [3.8, 4) is 0 Å². The third-order valence-electron chi connectivity index (χ3n) is 4.37. The van der Waals surface area contributed by atoms with E-state index in [1.807, 2.05) is 0 Å². The van der Waals surface area contributed by atoms with E-state index in [1.54, 1.807) is 0 Å². The quantitative estimate of drug-likeness (QED) is 0.806. The normalized spacial score (nSPS) is 28.3. The van der Waals surface area contributed by atoms with E-state index >= 15 is 0 Å². The van der Waals surface area contributed by atoms with Crippen molar-refractivity contribution in [1.29, 1.82) is 0 Å². The van der Waals surface area contributed by atoms with Gasteiger partial charge in [-0.05, 0) is 31.8 Å². The van der Waals surface area contributed by atoms with Crippen molar-refractivity contribution < 1.29 is 0 Å². The van der Waals surface area contributed by atoms with Gasteiger partial charge in [-0.15, -0.1) is 0 Å². The number of fused-ring (bicyclic) bond motifs is 1. The van der Waals surface area contributed by atoms with Crippen LogP contribution in [0.4, 0.5) is 0 Å². The second-order valence-corrected chi connectivity index (χ2v) is 6.61. The Morgan fingerprint density at radius 2 is 1.94 bits per heavy atom. The summed E-state index contributed by atoms with van der Waals surface area (Å²) in [5, 5.41) is 3.55. The number of hydrogen-bond donors (Lipinski definition) is 1. The highest BCUT2D eigenvalue weighted by Crippen LogP contribution is 2.21. The molecule has 2 aliphatic heterocycles. The first-order valence-corrected chi connectivity index (χ1v) is 7.85. The lowest BCUT2D eigenvalue weighted by molar-refractivity contribution is 0.0429. The summed E-state index contributed by atoms with van der Waals surface area (Å²) in [6.45, 7) is 14.5. The Hall–Kier alpha value is -0.120. The minimum Gasteiger partial charge on any atom is -0.314 e. The summed E-state index contributed by atoms with van der Waals surface area (Å²) in [6, 6.07) is 1.47. The molecule has 3 heteroatoms. The molecule has 0 saturated carbocycles. The van der Waals surface area contributed by atoms with Gasteiger partial charge in [0.15, 0.2) is 0 Å². The van der Waals surface area contributed by atoms with Gasteiger partial charge in [0.05, 0.1) is 0 Å². The fraction of sp³-hybridized carbons (Fsp3) is 1.00. The van der Waals surface area contributed by atoms with Crippen LogP contribution in [-0.4, -0.2) is 61.2 Å². The van der Waals surface area contributed by atoms with Gasteiger partial charge in [-0.1, -0.05) is 27.2 Å². The first-order chi connectivity index (χ1) is 8.65. The largest absolute Gasteiger partial charge is 0.314 e. The van der Waals surface area contributed by atoms with E-state index in [2.05, 4.69) is 35.9 Å². The molecule has 3 nitrogen and oxygen atoms in total. The first kappa shape index (κ1) is 14.3. The fourth-order valence-corrected chi connectivity index (χ4v) is 3.33. The Bertz CT molecular complexity index is 242. The molecule has 2 unspecified atom stereocenters. The summed E-state index contributed by atoms with van der Waals surface area (Å²) in [6.07, 6.45) is 4.29. The molecule has 0 radical (unpaired) electrons. The molecule has 0 bridgehead atoms. The van der Waals surface area contributed by atoms with Gasteiger partial charge in [0.25, 0.3) is 0 Å². The summed E-state index contributed by atoms with van der Waals surface area (Å²) in [4.78, 5) is 5.41. The van der Waals surface area contributed by atoms with Crippen LogP contribution in [0.2, 0.25) is 0 Å². The molecule has 2 saturated heterocycles. The lowest BCUT2D eigenvalue weighted by Gasteiger charge is -2.44. The second-order valence-electron chi connectivity index (χ2n) is 6.61. The highest BCUT2D eigenvalue weighted by Gasteiger charge is 2.29. The predicted octanol–water partition coefficient (Wildman–Crippen LogP) is 1.79. The Morgan fingerprint density at radius 1 is 1.11 bits per heavy atom. The van der Waals surface area contributed by atoms with Crippen molar-refractivity contribution in [3.63, 3.8) is 0 Å². The zero-order chi connectivity index (χ0) is 13.0. The van der Waals surface area contributed by atoms with E-state index in [0.29, 0.717) is 6.04 Å². The molecular weight excluding hydrogens is 222 g/mol. The number of piperidine rings is 1. The molecule has 0 aliphatic carbocycles. The standard InChI is InChI=1S/C15H31N3/c1-13(2)16-10-14(3)11-17-8-9-18-7-5-4-6-15(18)12-17/h13-16H,4-12H2,1-3H3. The van der Waals surface area contributed by atoms with Gasteiger partial charge < -0.3 is 10.2 Å². The van der Waals surface area contributed by atoms with Crippen LogP contribution in [0.1, 0.15) is 40.0 Å². The average Bonchev–Trinajstić information content (AvgIpc) is 2.36. The van der Waals surface area contributed by atoms with Crippen LogP contribution in [0.5, 0.6) is 0 Å². The van der Waals surface area contributed by atoms with E-state index in [1.165, 1.54) is 52.0 Å². The molecule has 106 valence electrons. The lowest BCUT2D eigenvalue weighted by Crippen LogP contribution is -2.55. The van der Waals surface area contributed by atoms with Gasteiger partial charge in [-0.2, -0.15) is 0 Å². The second kappa shape index (κ2) is 6.88. The van der Waals surface area contributed by atoms with Crippen LogP contribution in [0.25, 0.3) is 0 Å². The van der Waals surface area contributed by atoms with Crippen molar-refractivity contribution >= 4 is 0 Å². The molecule has 2 fully saturated rings. The fourth-order valence-electron chi connectivity index (χ4n) is 3.33. The molecule has 2 atom stereocenters. The molecule has 18 heavy (non-hydrogen) atoms. The third-order valence-corrected chi connectivity index (χ3v) is 4.37. The van der Waals surface area contributed by atoms with Gasteiger partial charge in [0.2, 0.25) is 0 Å². The van der Waals surface area contributed by atoms with Crippen LogP contribution < -0.4 is 5.32 Å². The Balaban J connectivity index is 1.70. The minimum atomic E-state index is 0.614. The van der Waals surface area contributed by atoms with Crippen molar-refractivity contribution in [2.75, 3.05) is 39.3 Å². The van der Waals surface area contributed by atoms with Crippen molar-refractivity contribution in [3.05, 3.63) is 0 Å². The summed E-state index contributed by atoms with van der Waals surface area (Å²) in [5.74, 6) is 0.766. The third kappa shape index (κ3) is 4.22. The van der Waals surface area contributed by atoms with E-state index in [9.17, 15) is 0 Å². The Kier molecular flexibility index (Phi) is 5.46. The van der Waals surface area contributed by atoms with E-state index in [0.717, 1.165) is 18.5 Å². The monoisotopic (exact) mass is 253 g/mol. The summed E-state index contributed by atoms with van der Waals surface area (Å²) < 4.78 is 0. The van der Waals surface area contributed by atoms with E-state index in [-0.39, 0.29) is 0 Å². The number of rotatable bonds is 5. The summed E-state index contributed by atoms with van der Waals surface area (Å²) in [7, 11) is 0. The molecule has 1 N–H and O–H groups in total. The maximum atomic E-state index is 3.55. The summed E-state index contributed by atoms with van der Waals surface area (Å²) in [5.41, 5.74) is 0. The molecule has 2 rings (SSSR count). The SMILES string of the molecule is CC(CNC(C)C)CN1CCN2CCCCC2C1. The number of hydrogen-bond acceptors (Lipinski definition) is 3. The zero-order valence-corrected chi connectivity index (χ0v) is 12.5. The van der Waals surface area contributed by atoms with Crippen molar-refractivity contribution in [2.45, 2.75) is 52.1 Å². The molecule has 0 spiro atoms. The van der Waals surface area contributed by atoms with Gasteiger partial charge >= 0.3 is 0 Å². The summed E-state index contributed by atoms with van der Waals surface area (Å²) >= 11 is 0. The maximum Gasteiger partial charge on any atom is 0.0223 e. The van der Waals surface area contributed by atoms with Crippen LogP contribution in [0, 0.1) is 5.92 Å². The molecular formula is C15H31N3. The smallest absolute Gasteiger partial charge is 0.0223 e. The van der Waals surface area contributed by atoms with E-state index < -0.39 is 0 Å². The van der Waals surface area contributed by atoms with Gasteiger partial charge in [0.1, 0.15) is 0 Å². The maximum absolute atomic E-state index is 3.55. The highest BCUT2D eigenvalue weighted by atomic mass is 15.3. The zero-order valence-electron chi connectivity index (χ0n) is 12.5. The van der Waals surface area contributed by atoms with Gasteiger partial charge in [-0.3, -0.25) is 4.90 Å². The van der Waals surface area contributed by atoms with Crippen LogP contribution in [0.3, 0.4) is 0 Å². The van der Waals surface area contributed by atoms with E-state index in [4.69, 9.17) is 0 Å². The number of piperazine rings is 1. The molecule has 0 aromatic heterocycles. The van der Waals surface area contributed by atoms with Gasteiger partial charge in [-0.25, -0.2) is 0 Å². The molecule has 0 amide bonds.